The highest BCUT2D eigenvalue weighted by Gasteiger charge is 2.49. The lowest BCUT2D eigenvalue weighted by Crippen LogP contribution is -2.55. The van der Waals surface area contributed by atoms with Crippen LogP contribution in [-0.2, 0) is 9.47 Å². The maximum absolute atomic E-state index is 11.3. The molecule has 0 bridgehead atoms. The van der Waals surface area contributed by atoms with E-state index in [0.717, 1.165) is 30.7 Å². The van der Waals surface area contributed by atoms with Gasteiger partial charge in [0.25, 0.3) is 0 Å². The number of nitrogens with zero attached hydrogens (tertiary/aromatic N) is 2. The molecular formula is C22H34N2O3. The van der Waals surface area contributed by atoms with Crippen LogP contribution in [0.15, 0.2) is 35.4 Å². The number of rotatable bonds is 5. The van der Waals surface area contributed by atoms with Gasteiger partial charge in [-0.3, -0.25) is 5.01 Å². The van der Waals surface area contributed by atoms with Crippen molar-refractivity contribution >= 4 is 5.71 Å². The summed E-state index contributed by atoms with van der Waals surface area (Å²) in [5, 5.41) is 18.5. The lowest BCUT2D eigenvalue weighted by molar-refractivity contribution is -0.167. The number of aliphatic hydroxyl groups is 1. The molecule has 150 valence electrons. The third-order valence-electron chi connectivity index (χ3n) is 5.67. The summed E-state index contributed by atoms with van der Waals surface area (Å²) < 4.78 is 11.8. The fraction of sp³-hybridized carbons (Fsp3) is 0.682. The molecule has 2 saturated heterocycles. The van der Waals surface area contributed by atoms with Crippen molar-refractivity contribution < 1.29 is 14.6 Å². The van der Waals surface area contributed by atoms with Crippen molar-refractivity contribution in [3.05, 3.63) is 35.9 Å². The van der Waals surface area contributed by atoms with Crippen LogP contribution in [0.1, 0.15) is 58.6 Å². The highest BCUT2D eigenvalue weighted by Crippen LogP contribution is 2.44. The minimum absolute atomic E-state index is 0.197. The van der Waals surface area contributed by atoms with E-state index in [-0.39, 0.29) is 11.5 Å². The smallest absolute Gasteiger partial charge is 0.0898 e. The van der Waals surface area contributed by atoms with Crippen LogP contribution in [0.3, 0.4) is 0 Å². The standard InChI is InChI=1S/C22H34N2O3/c1-21(2)14-18(23-24-13-9-12-17(24)15-26-5)19(22(3,4)27-21)20(25)16-10-7-6-8-11-16/h6-8,10-11,17,19-20,25H,9,12-15H2,1-5H3/b23-18+/t17-,19+,20+/m0/s1. The normalized spacial score (nSPS) is 29.9. The Morgan fingerprint density at radius 2 is 1.96 bits per heavy atom. The topological polar surface area (TPSA) is 54.3 Å². The van der Waals surface area contributed by atoms with Gasteiger partial charge < -0.3 is 14.6 Å². The average molecular weight is 375 g/mol. The molecule has 0 radical (unpaired) electrons. The number of hydrogen-bond donors (Lipinski definition) is 1. The molecule has 0 amide bonds. The van der Waals surface area contributed by atoms with Gasteiger partial charge in [-0.2, -0.15) is 5.10 Å². The maximum atomic E-state index is 11.3. The predicted molar refractivity (Wildman–Crippen MR) is 108 cm³/mol. The van der Waals surface area contributed by atoms with E-state index in [9.17, 15) is 5.11 Å². The van der Waals surface area contributed by atoms with Crippen molar-refractivity contribution in [1.29, 1.82) is 0 Å². The Balaban J connectivity index is 1.97. The molecule has 0 aliphatic carbocycles. The van der Waals surface area contributed by atoms with Crippen LogP contribution in [-0.4, -0.2) is 53.3 Å². The van der Waals surface area contributed by atoms with E-state index in [4.69, 9.17) is 14.6 Å². The Morgan fingerprint density at radius 1 is 1.26 bits per heavy atom. The van der Waals surface area contributed by atoms with Crippen LogP contribution in [0, 0.1) is 5.92 Å². The lowest BCUT2D eigenvalue weighted by atomic mass is 9.73. The minimum Gasteiger partial charge on any atom is -0.388 e. The van der Waals surface area contributed by atoms with Crippen molar-refractivity contribution in [1.82, 2.24) is 5.01 Å². The molecule has 2 heterocycles. The van der Waals surface area contributed by atoms with E-state index >= 15 is 0 Å². The van der Waals surface area contributed by atoms with E-state index in [1.807, 2.05) is 30.3 Å². The Kier molecular flexibility index (Phi) is 5.94. The van der Waals surface area contributed by atoms with Gasteiger partial charge in [0, 0.05) is 25.8 Å². The van der Waals surface area contributed by atoms with Crippen molar-refractivity contribution in [2.24, 2.45) is 11.0 Å². The van der Waals surface area contributed by atoms with Crippen LogP contribution in [0.5, 0.6) is 0 Å². The highest BCUT2D eigenvalue weighted by molar-refractivity contribution is 5.90. The zero-order chi connectivity index (χ0) is 19.7. The van der Waals surface area contributed by atoms with E-state index in [1.54, 1.807) is 7.11 Å². The molecular weight excluding hydrogens is 340 g/mol. The second kappa shape index (κ2) is 7.90. The quantitative estimate of drug-likeness (QED) is 0.852. The predicted octanol–water partition coefficient (Wildman–Crippen LogP) is 3.78. The van der Waals surface area contributed by atoms with Crippen LogP contribution in [0.4, 0.5) is 0 Å². The van der Waals surface area contributed by atoms with Gasteiger partial charge in [0.05, 0.1) is 35.9 Å². The first-order valence-corrected chi connectivity index (χ1v) is 10.00. The molecule has 2 aliphatic rings. The van der Waals surface area contributed by atoms with Crippen LogP contribution in [0.2, 0.25) is 0 Å². The molecule has 1 N–H and O–H groups in total. The first-order chi connectivity index (χ1) is 12.7. The van der Waals surface area contributed by atoms with Crippen molar-refractivity contribution in [3.8, 4) is 0 Å². The largest absolute Gasteiger partial charge is 0.388 e. The summed E-state index contributed by atoms with van der Waals surface area (Å²) in [5.74, 6) is -0.197. The zero-order valence-corrected chi connectivity index (χ0v) is 17.3. The molecule has 5 heteroatoms. The Bertz CT molecular complexity index is 657. The van der Waals surface area contributed by atoms with Gasteiger partial charge in [0.1, 0.15) is 0 Å². The zero-order valence-electron chi connectivity index (χ0n) is 17.3. The first-order valence-electron chi connectivity index (χ1n) is 10.00. The molecule has 3 atom stereocenters. The van der Waals surface area contributed by atoms with Crippen molar-refractivity contribution in [3.63, 3.8) is 0 Å². The number of hydrogen-bond acceptors (Lipinski definition) is 5. The van der Waals surface area contributed by atoms with Crippen molar-refractivity contribution in [2.75, 3.05) is 20.3 Å². The summed E-state index contributed by atoms with van der Waals surface area (Å²) in [4.78, 5) is 0. The summed E-state index contributed by atoms with van der Waals surface area (Å²) >= 11 is 0. The Labute approximate surface area is 163 Å². The summed E-state index contributed by atoms with van der Waals surface area (Å²) in [6.45, 7) is 9.96. The maximum Gasteiger partial charge on any atom is 0.0898 e. The lowest BCUT2D eigenvalue weighted by Gasteiger charge is -2.49. The average Bonchev–Trinajstić information content (AvgIpc) is 3.00. The second-order valence-corrected chi connectivity index (χ2v) is 8.98. The molecule has 5 nitrogen and oxygen atoms in total. The number of aliphatic hydroxyl groups excluding tert-OH is 1. The third-order valence-corrected chi connectivity index (χ3v) is 5.67. The van der Waals surface area contributed by atoms with Gasteiger partial charge in [-0.25, -0.2) is 0 Å². The van der Waals surface area contributed by atoms with Crippen molar-refractivity contribution in [2.45, 2.75) is 70.3 Å². The molecule has 0 unspecified atom stereocenters. The second-order valence-electron chi connectivity index (χ2n) is 8.98. The van der Waals surface area contributed by atoms with Gasteiger partial charge in [-0.1, -0.05) is 30.3 Å². The number of ether oxygens (including phenoxy) is 2. The summed E-state index contributed by atoms with van der Waals surface area (Å²) in [5.41, 5.74) is 1.09. The monoisotopic (exact) mass is 374 g/mol. The molecule has 2 aliphatic heterocycles. The number of hydrazone groups is 1. The molecule has 27 heavy (non-hydrogen) atoms. The van der Waals surface area contributed by atoms with Crippen LogP contribution >= 0.6 is 0 Å². The summed E-state index contributed by atoms with van der Waals surface area (Å²) in [6, 6.07) is 10.2. The Morgan fingerprint density at radius 3 is 2.63 bits per heavy atom. The van der Waals surface area contributed by atoms with Gasteiger partial charge in [-0.05, 0) is 46.1 Å². The fourth-order valence-corrected chi connectivity index (χ4v) is 4.74. The van der Waals surface area contributed by atoms with E-state index in [2.05, 4.69) is 32.7 Å². The summed E-state index contributed by atoms with van der Waals surface area (Å²) in [6.07, 6.45) is 2.28. The first kappa shape index (κ1) is 20.3. The van der Waals surface area contributed by atoms with Crippen LogP contribution in [0.25, 0.3) is 0 Å². The van der Waals surface area contributed by atoms with E-state index in [0.29, 0.717) is 19.1 Å². The summed E-state index contributed by atoms with van der Waals surface area (Å²) in [7, 11) is 1.74. The van der Waals surface area contributed by atoms with Gasteiger partial charge in [0.2, 0.25) is 0 Å². The number of benzene rings is 1. The highest BCUT2D eigenvalue weighted by atomic mass is 16.5. The fourth-order valence-electron chi connectivity index (χ4n) is 4.74. The SMILES string of the molecule is COC[C@@H]1CCCN1/N=C1\CC(C)(C)OC(C)(C)[C@H]1[C@H](O)c1ccccc1. The minimum atomic E-state index is -0.653. The molecule has 0 saturated carbocycles. The van der Waals surface area contributed by atoms with Crippen LogP contribution < -0.4 is 0 Å². The van der Waals surface area contributed by atoms with Gasteiger partial charge in [0.15, 0.2) is 0 Å². The molecule has 2 fully saturated rings. The van der Waals surface area contributed by atoms with E-state index < -0.39 is 11.7 Å². The third kappa shape index (κ3) is 4.53. The molecule has 0 spiro atoms. The number of methoxy groups -OCH3 is 1. The van der Waals surface area contributed by atoms with Gasteiger partial charge >= 0.3 is 0 Å². The molecule has 3 rings (SSSR count). The molecule has 1 aromatic carbocycles. The van der Waals surface area contributed by atoms with Gasteiger partial charge in [-0.15, -0.1) is 0 Å². The van der Waals surface area contributed by atoms with E-state index in [1.165, 1.54) is 0 Å². The molecule has 1 aromatic rings. The molecule has 0 aromatic heterocycles. The Hall–Kier alpha value is -1.43.